The van der Waals surface area contributed by atoms with Crippen LogP contribution in [0.2, 0.25) is 0 Å². The maximum absolute atomic E-state index is 12.8. The van der Waals surface area contributed by atoms with Gasteiger partial charge in [-0.25, -0.2) is 4.79 Å². The number of amides is 1. The molecule has 2 N–H and O–H groups in total. The lowest BCUT2D eigenvalue weighted by Gasteiger charge is -2.20. The highest BCUT2D eigenvalue weighted by molar-refractivity contribution is 9.09. The first-order valence-corrected chi connectivity index (χ1v) is 11.5. The molecule has 0 saturated heterocycles. The van der Waals surface area contributed by atoms with Gasteiger partial charge in [0.1, 0.15) is 18.5 Å². The molecule has 0 fully saturated rings. The summed E-state index contributed by atoms with van der Waals surface area (Å²) in [5.41, 5.74) is -0.823. The number of hydrogen-bond acceptors (Lipinski definition) is 6. The summed E-state index contributed by atoms with van der Waals surface area (Å²) in [5, 5.41) is 12.8. The van der Waals surface area contributed by atoms with Crippen LogP contribution in [0.5, 0.6) is 5.75 Å². The van der Waals surface area contributed by atoms with Crippen molar-refractivity contribution in [3.63, 3.8) is 0 Å². The predicted molar refractivity (Wildman–Crippen MR) is 116 cm³/mol. The van der Waals surface area contributed by atoms with Gasteiger partial charge in [0.05, 0.1) is 23.6 Å². The fourth-order valence-corrected chi connectivity index (χ4v) is 2.73. The normalized spacial score (nSPS) is 14.5. The van der Waals surface area contributed by atoms with Crippen molar-refractivity contribution >= 4 is 22.0 Å². The Morgan fingerprint density at radius 2 is 1.97 bits per heavy atom. The first-order valence-electron chi connectivity index (χ1n) is 10.4. The Morgan fingerprint density at radius 3 is 2.59 bits per heavy atom. The summed E-state index contributed by atoms with van der Waals surface area (Å²) in [5.74, 6) is 0.0253. The number of alkyl carbamates (subject to hydrolysis) is 1. The largest absolute Gasteiger partial charge is 0.490 e. The van der Waals surface area contributed by atoms with E-state index in [-0.39, 0.29) is 25.5 Å². The molecule has 7 nitrogen and oxygen atoms in total. The van der Waals surface area contributed by atoms with Crippen LogP contribution < -0.4 is 10.1 Å². The van der Waals surface area contributed by atoms with Gasteiger partial charge in [0, 0.05) is 13.2 Å². The van der Waals surface area contributed by atoms with Gasteiger partial charge in [0.15, 0.2) is 6.29 Å². The molecule has 0 aliphatic heterocycles. The molecule has 184 valence electrons. The van der Waals surface area contributed by atoms with E-state index in [0.29, 0.717) is 18.4 Å². The maximum atomic E-state index is 12.8. The fraction of sp³-hybridized carbons (Fsp3) is 0.667. The molecule has 1 aromatic carbocycles. The quantitative estimate of drug-likeness (QED) is 0.197. The topological polar surface area (TPSA) is 86.2 Å². The standard InChI is InChI=1S/C21H31BrF3NO6/c1-3-5-9-29-19(11-22)31-13-16(27)12-26-20(28)32-17(4-2)14-30-18-8-6-7-15(10-18)21(23,24)25/h6-8,10,16-17,19,27H,3-5,9,11-14H2,1-2H3,(H,26,28). The highest BCUT2D eigenvalue weighted by atomic mass is 79.9. The van der Waals surface area contributed by atoms with E-state index in [1.165, 1.54) is 12.1 Å². The molecule has 11 heteroatoms. The first-order chi connectivity index (χ1) is 15.2. The van der Waals surface area contributed by atoms with E-state index in [4.69, 9.17) is 18.9 Å². The molecule has 0 aliphatic carbocycles. The fourth-order valence-electron chi connectivity index (χ4n) is 2.35. The van der Waals surface area contributed by atoms with Crippen molar-refractivity contribution in [2.45, 2.75) is 57.8 Å². The zero-order chi connectivity index (χ0) is 24.0. The number of rotatable bonds is 15. The summed E-state index contributed by atoms with van der Waals surface area (Å²) < 4.78 is 59.8. The molecule has 0 aromatic heterocycles. The Bertz CT molecular complexity index is 665. The Kier molecular flexibility index (Phi) is 13.6. The molecule has 0 aliphatic rings. The van der Waals surface area contributed by atoms with Crippen molar-refractivity contribution in [2.75, 3.05) is 31.7 Å². The van der Waals surface area contributed by atoms with Gasteiger partial charge in [-0.15, -0.1) is 0 Å². The zero-order valence-corrected chi connectivity index (χ0v) is 19.8. The van der Waals surface area contributed by atoms with Crippen LogP contribution in [0.4, 0.5) is 18.0 Å². The summed E-state index contributed by atoms with van der Waals surface area (Å²) in [6.45, 7) is 4.08. The molecule has 32 heavy (non-hydrogen) atoms. The van der Waals surface area contributed by atoms with Crippen LogP contribution in [0.3, 0.4) is 0 Å². The Labute approximate surface area is 194 Å². The summed E-state index contributed by atoms with van der Waals surface area (Å²) in [6, 6.07) is 4.46. The monoisotopic (exact) mass is 529 g/mol. The van der Waals surface area contributed by atoms with Crippen molar-refractivity contribution < 1.29 is 42.0 Å². The molecule has 0 saturated carbocycles. The van der Waals surface area contributed by atoms with Crippen molar-refractivity contribution in [2.24, 2.45) is 0 Å². The van der Waals surface area contributed by atoms with E-state index in [1.54, 1.807) is 6.92 Å². The number of aliphatic hydroxyl groups is 1. The smallest absolute Gasteiger partial charge is 0.416 e. The molecule has 1 rings (SSSR count). The van der Waals surface area contributed by atoms with Crippen LogP contribution in [0, 0.1) is 0 Å². The number of unbranched alkanes of at least 4 members (excludes halogenated alkanes) is 1. The van der Waals surface area contributed by atoms with Gasteiger partial charge in [0.2, 0.25) is 0 Å². The molecule has 3 unspecified atom stereocenters. The van der Waals surface area contributed by atoms with Crippen LogP contribution in [-0.4, -0.2) is 61.4 Å². The summed E-state index contributed by atoms with van der Waals surface area (Å²) in [7, 11) is 0. The number of hydrogen-bond donors (Lipinski definition) is 2. The summed E-state index contributed by atoms with van der Waals surface area (Å²) >= 11 is 3.27. The van der Waals surface area contributed by atoms with Crippen LogP contribution in [0.15, 0.2) is 24.3 Å². The molecule has 1 aromatic rings. The van der Waals surface area contributed by atoms with Crippen molar-refractivity contribution in [3.05, 3.63) is 29.8 Å². The van der Waals surface area contributed by atoms with Crippen molar-refractivity contribution in [3.8, 4) is 5.75 Å². The zero-order valence-electron chi connectivity index (χ0n) is 18.2. The summed E-state index contributed by atoms with van der Waals surface area (Å²) in [4.78, 5) is 12.0. The van der Waals surface area contributed by atoms with Crippen molar-refractivity contribution in [1.29, 1.82) is 0 Å². The van der Waals surface area contributed by atoms with Crippen LogP contribution in [0.25, 0.3) is 0 Å². The van der Waals surface area contributed by atoms with Gasteiger partial charge in [-0.2, -0.15) is 13.2 Å². The van der Waals surface area contributed by atoms with E-state index < -0.39 is 36.3 Å². The van der Waals surface area contributed by atoms with E-state index in [0.717, 1.165) is 25.0 Å². The van der Waals surface area contributed by atoms with Crippen LogP contribution >= 0.6 is 15.9 Å². The molecule has 3 atom stereocenters. The number of alkyl halides is 4. The molecule has 0 bridgehead atoms. The molecular weight excluding hydrogens is 499 g/mol. The third kappa shape index (κ3) is 11.9. The maximum Gasteiger partial charge on any atom is 0.416 e. The van der Waals surface area contributed by atoms with Gasteiger partial charge in [-0.3, -0.25) is 0 Å². The Balaban J connectivity index is 2.36. The third-order valence-electron chi connectivity index (χ3n) is 4.21. The van der Waals surface area contributed by atoms with Gasteiger partial charge in [-0.05, 0) is 31.0 Å². The predicted octanol–water partition coefficient (Wildman–Crippen LogP) is 4.50. The lowest BCUT2D eigenvalue weighted by Crippen LogP contribution is -2.38. The summed E-state index contributed by atoms with van der Waals surface area (Å²) in [6.07, 6.45) is -5.11. The van der Waals surface area contributed by atoms with Gasteiger partial charge >= 0.3 is 12.3 Å². The number of benzene rings is 1. The minimum atomic E-state index is -4.47. The Morgan fingerprint density at radius 1 is 1.22 bits per heavy atom. The number of aliphatic hydroxyl groups excluding tert-OH is 1. The van der Waals surface area contributed by atoms with E-state index in [9.17, 15) is 23.1 Å². The average molecular weight is 530 g/mol. The number of nitrogens with one attached hydrogen (secondary N) is 1. The minimum absolute atomic E-state index is 0.0253. The lowest BCUT2D eigenvalue weighted by atomic mass is 10.2. The molecule has 1 amide bonds. The minimum Gasteiger partial charge on any atom is -0.490 e. The first kappa shape index (κ1) is 28.5. The van der Waals surface area contributed by atoms with E-state index in [1.807, 2.05) is 6.92 Å². The SMILES string of the molecule is CCCCOC(CBr)OCC(O)CNC(=O)OC(CC)COc1cccc(C(F)(F)F)c1. The van der Waals surface area contributed by atoms with Crippen LogP contribution in [-0.2, 0) is 20.4 Å². The highest BCUT2D eigenvalue weighted by Crippen LogP contribution is 2.31. The number of halogens is 4. The van der Waals surface area contributed by atoms with Crippen molar-refractivity contribution in [1.82, 2.24) is 5.32 Å². The molecule has 0 radical (unpaired) electrons. The van der Waals surface area contributed by atoms with Crippen LogP contribution in [0.1, 0.15) is 38.7 Å². The third-order valence-corrected chi connectivity index (χ3v) is 4.74. The molecule has 0 spiro atoms. The molecular formula is C21H31BrF3NO6. The highest BCUT2D eigenvalue weighted by Gasteiger charge is 2.30. The van der Waals surface area contributed by atoms with Gasteiger partial charge < -0.3 is 29.4 Å². The lowest BCUT2D eigenvalue weighted by molar-refractivity contribution is -0.142. The van der Waals surface area contributed by atoms with E-state index in [2.05, 4.69) is 21.2 Å². The second-order valence-corrected chi connectivity index (χ2v) is 7.60. The number of carbonyl (C=O) groups is 1. The van der Waals surface area contributed by atoms with Gasteiger partial charge in [0.25, 0.3) is 0 Å². The number of ether oxygens (including phenoxy) is 4. The number of carbonyl (C=O) groups excluding carboxylic acids is 1. The second kappa shape index (κ2) is 15.3. The van der Waals surface area contributed by atoms with E-state index >= 15 is 0 Å². The Hall–Kier alpha value is -1.56. The average Bonchev–Trinajstić information content (AvgIpc) is 2.77. The second-order valence-electron chi connectivity index (χ2n) is 6.95. The molecule has 0 heterocycles. The van der Waals surface area contributed by atoms with Gasteiger partial charge in [-0.1, -0.05) is 42.3 Å².